The standard InChI is InChI=1S/C51H85NO18/c1-15-37-34(25-63-50-47(62-14)46(61-13)42(58)30(7)65-50)21-27(4)16-17-35(54)28(5)22-33(18-19-53)44(29(6)36(55)23-39(57)67-37)70-49-43(59)41(52(11)12)45(31(8)66-49)69-40-24-51(10,60)48(32(9)64-40)68-38(56)20-26(2)3/h16-17,19,21,26,28-34,36-37,40-50,55,58-60H,15,18,20,22-25H2,1-14H3. The molecule has 4 aliphatic rings. The fourth-order valence-electron chi connectivity index (χ4n) is 10.2. The summed E-state index contributed by atoms with van der Waals surface area (Å²) >= 11 is 0. The first-order chi connectivity index (χ1) is 32.9. The van der Waals surface area contributed by atoms with Gasteiger partial charge in [0.1, 0.15) is 48.5 Å². The van der Waals surface area contributed by atoms with E-state index in [2.05, 4.69) is 0 Å². The zero-order chi connectivity index (χ0) is 52.4. The van der Waals surface area contributed by atoms with Gasteiger partial charge in [-0.25, -0.2) is 0 Å². The van der Waals surface area contributed by atoms with Crippen molar-refractivity contribution >= 4 is 24.0 Å². The lowest BCUT2D eigenvalue weighted by atomic mass is 9.79. The lowest BCUT2D eigenvalue weighted by Gasteiger charge is -2.50. The van der Waals surface area contributed by atoms with Crippen molar-refractivity contribution in [3.8, 4) is 0 Å². The molecule has 0 aliphatic carbocycles. The third-order valence-corrected chi connectivity index (χ3v) is 14.2. The molecule has 4 N–H and O–H groups in total. The van der Waals surface area contributed by atoms with Crippen molar-refractivity contribution in [2.75, 3.05) is 34.9 Å². The van der Waals surface area contributed by atoms with Crippen molar-refractivity contribution in [2.45, 2.75) is 212 Å². The number of carbonyl (C=O) groups excluding carboxylic acids is 4. The Morgan fingerprint density at radius 3 is 2.14 bits per heavy atom. The van der Waals surface area contributed by atoms with E-state index in [4.69, 9.17) is 47.4 Å². The second-order valence-electron chi connectivity index (χ2n) is 20.8. The molecule has 0 saturated carbocycles. The Kier molecular flexibility index (Phi) is 23.0. The van der Waals surface area contributed by atoms with E-state index in [9.17, 15) is 39.6 Å². The van der Waals surface area contributed by atoms with Crippen LogP contribution in [0.3, 0.4) is 0 Å². The Labute approximate surface area is 414 Å². The van der Waals surface area contributed by atoms with Crippen LogP contribution in [-0.2, 0) is 66.5 Å². The highest BCUT2D eigenvalue weighted by Gasteiger charge is 2.53. The highest BCUT2D eigenvalue weighted by molar-refractivity contribution is 5.91. The molecule has 4 aliphatic heterocycles. The molecule has 402 valence electrons. The fraction of sp³-hybridized carbons (Fsp3) is 0.843. The molecule has 4 heterocycles. The molecule has 0 aromatic carbocycles. The number of nitrogens with zero attached hydrogens (tertiary/aromatic N) is 1. The number of ether oxygens (including phenoxy) is 10. The van der Waals surface area contributed by atoms with Crippen LogP contribution in [-0.4, -0.2) is 188 Å². The average Bonchev–Trinajstić information content (AvgIpc) is 3.27. The average molecular weight is 1000 g/mol. The maximum Gasteiger partial charge on any atom is 0.308 e. The Hall–Kier alpha value is -2.76. The highest BCUT2D eigenvalue weighted by Crippen LogP contribution is 2.38. The number of ketones is 1. The second-order valence-corrected chi connectivity index (χ2v) is 20.8. The summed E-state index contributed by atoms with van der Waals surface area (Å²) in [5, 5.41) is 46.2. The Balaban J connectivity index is 1.59. The summed E-state index contributed by atoms with van der Waals surface area (Å²) in [4.78, 5) is 54.4. The largest absolute Gasteiger partial charge is 0.462 e. The predicted molar refractivity (Wildman–Crippen MR) is 254 cm³/mol. The Bertz CT molecular complexity index is 1740. The first-order valence-corrected chi connectivity index (χ1v) is 25.0. The Morgan fingerprint density at radius 2 is 1.56 bits per heavy atom. The fourth-order valence-corrected chi connectivity index (χ4v) is 10.2. The van der Waals surface area contributed by atoms with Crippen LogP contribution in [0.1, 0.15) is 108 Å². The summed E-state index contributed by atoms with van der Waals surface area (Å²) in [5.41, 5.74) is -0.833. The van der Waals surface area contributed by atoms with Crippen LogP contribution in [0.2, 0.25) is 0 Å². The maximum absolute atomic E-state index is 13.8. The van der Waals surface area contributed by atoms with Gasteiger partial charge in [-0.2, -0.15) is 0 Å². The molecule has 0 bridgehead atoms. The van der Waals surface area contributed by atoms with Gasteiger partial charge in [0.2, 0.25) is 0 Å². The zero-order valence-corrected chi connectivity index (χ0v) is 43.8. The molecule has 19 heteroatoms. The molecule has 21 atom stereocenters. The van der Waals surface area contributed by atoms with Crippen LogP contribution >= 0.6 is 0 Å². The number of aliphatic hydroxyl groups excluding tert-OH is 3. The van der Waals surface area contributed by atoms with Gasteiger partial charge in [-0.3, -0.25) is 14.4 Å². The number of likely N-dealkylation sites (N-methyl/N-ethyl adjacent to an activating group) is 1. The van der Waals surface area contributed by atoms with Crippen LogP contribution in [0.4, 0.5) is 0 Å². The topological polar surface area (TPSA) is 245 Å². The summed E-state index contributed by atoms with van der Waals surface area (Å²) in [7, 11) is 6.43. The van der Waals surface area contributed by atoms with Crippen molar-refractivity contribution in [1.82, 2.24) is 4.90 Å². The van der Waals surface area contributed by atoms with Crippen LogP contribution < -0.4 is 0 Å². The number of cyclic esters (lactones) is 1. The van der Waals surface area contributed by atoms with Crippen LogP contribution in [0.5, 0.6) is 0 Å². The van der Waals surface area contributed by atoms with E-state index in [1.165, 1.54) is 20.3 Å². The van der Waals surface area contributed by atoms with Gasteiger partial charge in [0.15, 0.2) is 30.8 Å². The SMILES string of the molecule is CCC1OC(=O)CC(O)C(C)C(OC2OC(C)C(OC3CC(C)(O)C(OC(=O)CC(C)C)C(C)O3)C(N(C)C)C2O)C(CC=O)CC(C)C(=O)C=CC(C)=CC1COC1OC(C)C(O)C(OC)C1OC. The molecule has 0 radical (unpaired) electrons. The van der Waals surface area contributed by atoms with Gasteiger partial charge in [-0.1, -0.05) is 52.3 Å². The first-order valence-electron chi connectivity index (χ1n) is 25.0. The van der Waals surface area contributed by atoms with Crippen LogP contribution in [0.25, 0.3) is 0 Å². The van der Waals surface area contributed by atoms with Crippen molar-refractivity contribution in [3.05, 3.63) is 23.8 Å². The molecule has 0 aromatic rings. The summed E-state index contributed by atoms with van der Waals surface area (Å²) in [6.45, 7) is 17.5. The zero-order valence-electron chi connectivity index (χ0n) is 43.8. The number of hydrogen-bond donors (Lipinski definition) is 4. The molecular formula is C51H85NO18. The van der Waals surface area contributed by atoms with E-state index < -0.39 is 146 Å². The molecule has 0 spiro atoms. The van der Waals surface area contributed by atoms with Gasteiger partial charge in [0.25, 0.3) is 0 Å². The van der Waals surface area contributed by atoms with Gasteiger partial charge < -0.3 is 77.5 Å². The smallest absolute Gasteiger partial charge is 0.308 e. The number of hydrogen-bond acceptors (Lipinski definition) is 19. The van der Waals surface area contributed by atoms with E-state index in [0.29, 0.717) is 12.0 Å². The quantitative estimate of drug-likeness (QED) is 0.128. The first kappa shape index (κ1) is 59.8. The summed E-state index contributed by atoms with van der Waals surface area (Å²) in [5.74, 6) is -4.04. The van der Waals surface area contributed by atoms with E-state index in [1.54, 1.807) is 73.5 Å². The molecule has 70 heavy (non-hydrogen) atoms. The molecule has 3 fully saturated rings. The minimum atomic E-state index is -1.51. The number of rotatable bonds is 16. The van der Waals surface area contributed by atoms with Gasteiger partial charge in [0, 0.05) is 51.2 Å². The number of carbonyl (C=O) groups is 4. The minimum Gasteiger partial charge on any atom is -0.462 e. The lowest BCUT2D eigenvalue weighted by molar-refractivity contribution is -0.342. The normalized spacial score (nSPS) is 41.8. The van der Waals surface area contributed by atoms with Crippen molar-refractivity contribution < 1.29 is 87.0 Å². The second kappa shape index (κ2) is 27.0. The predicted octanol–water partition coefficient (Wildman–Crippen LogP) is 3.43. The highest BCUT2D eigenvalue weighted by atomic mass is 16.7. The van der Waals surface area contributed by atoms with Crippen LogP contribution in [0.15, 0.2) is 23.8 Å². The van der Waals surface area contributed by atoms with Crippen molar-refractivity contribution in [1.29, 1.82) is 0 Å². The third-order valence-electron chi connectivity index (χ3n) is 14.2. The summed E-state index contributed by atoms with van der Waals surface area (Å²) < 4.78 is 61.0. The number of aldehydes is 1. The lowest BCUT2D eigenvalue weighted by Crippen LogP contribution is -2.65. The van der Waals surface area contributed by atoms with E-state index in [0.717, 1.165) is 6.29 Å². The summed E-state index contributed by atoms with van der Waals surface area (Å²) in [6, 6.07) is -0.781. The number of aliphatic hydroxyl groups is 4. The van der Waals surface area contributed by atoms with E-state index in [-0.39, 0.29) is 44.0 Å². The number of esters is 2. The minimum absolute atomic E-state index is 0.0148. The molecule has 3 saturated heterocycles. The summed E-state index contributed by atoms with van der Waals surface area (Å²) in [6.07, 6.45) is -8.43. The monoisotopic (exact) mass is 1000 g/mol. The van der Waals surface area contributed by atoms with Gasteiger partial charge >= 0.3 is 11.9 Å². The molecule has 0 amide bonds. The number of allylic oxidation sites excluding steroid dienone is 3. The number of methoxy groups -OCH3 is 2. The van der Waals surface area contributed by atoms with Gasteiger partial charge in [0.05, 0.1) is 49.6 Å². The molecule has 21 unspecified atom stereocenters. The molecule has 4 rings (SSSR count). The molecular weight excluding hydrogens is 915 g/mol. The maximum atomic E-state index is 13.8. The van der Waals surface area contributed by atoms with Gasteiger partial charge in [-0.15, -0.1) is 0 Å². The third kappa shape index (κ3) is 15.6. The molecule has 19 nitrogen and oxygen atoms in total. The van der Waals surface area contributed by atoms with Gasteiger partial charge in [-0.05, 0) is 79.5 Å². The molecule has 0 aromatic heterocycles. The van der Waals surface area contributed by atoms with Crippen LogP contribution in [0, 0.1) is 29.6 Å². The Morgan fingerprint density at radius 1 is 0.900 bits per heavy atom. The van der Waals surface area contributed by atoms with E-state index in [1.807, 2.05) is 26.8 Å². The van der Waals surface area contributed by atoms with Crippen molar-refractivity contribution in [2.24, 2.45) is 29.6 Å². The van der Waals surface area contributed by atoms with E-state index >= 15 is 0 Å². The van der Waals surface area contributed by atoms with Crippen molar-refractivity contribution in [3.63, 3.8) is 0 Å².